The largest absolute Gasteiger partial charge is 0.351 e. The molecule has 23 heavy (non-hydrogen) atoms. The Kier molecular flexibility index (Phi) is 4.42. The van der Waals surface area contributed by atoms with E-state index in [1.54, 1.807) is 4.90 Å². The summed E-state index contributed by atoms with van der Waals surface area (Å²) >= 11 is 0. The van der Waals surface area contributed by atoms with E-state index >= 15 is 0 Å². The van der Waals surface area contributed by atoms with Crippen LogP contribution in [0.5, 0.6) is 0 Å². The molecule has 3 rings (SSSR count). The Morgan fingerprint density at radius 1 is 1.35 bits per heavy atom. The summed E-state index contributed by atoms with van der Waals surface area (Å²) < 4.78 is 0. The predicted octanol–water partition coefficient (Wildman–Crippen LogP) is 3.19. The fourth-order valence-electron chi connectivity index (χ4n) is 3.82. The zero-order valence-electron chi connectivity index (χ0n) is 14.1. The molecule has 2 fully saturated rings. The first-order chi connectivity index (χ1) is 11.0. The van der Waals surface area contributed by atoms with Gasteiger partial charge in [0.15, 0.2) is 0 Å². The van der Waals surface area contributed by atoms with Gasteiger partial charge in [-0.25, -0.2) is 0 Å². The molecule has 1 aliphatic carbocycles. The molecular formula is C19H26N2O2. The van der Waals surface area contributed by atoms with Gasteiger partial charge >= 0.3 is 0 Å². The first kappa shape index (κ1) is 16.0. The smallest absolute Gasteiger partial charge is 0.246 e. The third-order valence-electron chi connectivity index (χ3n) is 5.33. The summed E-state index contributed by atoms with van der Waals surface area (Å²) in [7, 11) is 0. The molecule has 1 saturated heterocycles. The summed E-state index contributed by atoms with van der Waals surface area (Å²) in [5.41, 5.74) is 1.25. The lowest BCUT2D eigenvalue weighted by atomic mass is 9.96. The maximum Gasteiger partial charge on any atom is 0.246 e. The Bertz CT molecular complexity index is 607. The summed E-state index contributed by atoms with van der Waals surface area (Å²) in [6, 6.07) is 8.27. The van der Waals surface area contributed by atoms with Gasteiger partial charge < -0.3 is 5.32 Å². The average Bonchev–Trinajstić information content (AvgIpc) is 3.16. The Hall–Kier alpha value is -1.84. The minimum absolute atomic E-state index is 0.00264. The molecule has 0 spiro atoms. The lowest BCUT2D eigenvalue weighted by Gasteiger charge is -2.35. The van der Waals surface area contributed by atoms with Gasteiger partial charge in [0.25, 0.3) is 0 Å². The van der Waals surface area contributed by atoms with Gasteiger partial charge in [-0.1, -0.05) is 31.9 Å². The van der Waals surface area contributed by atoms with Crippen LogP contribution in [0.3, 0.4) is 0 Å². The van der Waals surface area contributed by atoms with Crippen LogP contribution in [0.4, 0.5) is 5.69 Å². The van der Waals surface area contributed by atoms with Crippen LogP contribution < -0.4 is 10.2 Å². The van der Waals surface area contributed by atoms with Crippen LogP contribution in [0.15, 0.2) is 24.3 Å². The van der Waals surface area contributed by atoms with E-state index in [1.165, 1.54) is 18.4 Å². The minimum Gasteiger partial charge on any atom is -0.351 e. The summed E-state index contributed by atoms with van der Waals surface area (Å²) in [5, 5.41) is 3.18. The van der Waals surface area contributed by atoms with E-state index in [-0.39, 0.29) is 17.9 Å². The lowest BCUT2D eigenvalue weighted by molar-refractivity contribution is -0.127. The monoisotopic (exact) mass is 314 g/mol. The van der Waals surface area contributed by atoms with Crippen LogP contribution in [0.1, 0.15) is 57.9 Å². The highest BCUT2D eigenvalue weighted by molar-refractivity contribution is 6.06. The molecule has 2 aliphatic rings. The molecule has 0 radical (unpaired) electrons. The first-order valence-electron chi connectivity index (χ1n) is 8.77. The Morgan fingerprint density at radius 3 is 2.78 bits per heavy atom. The minimum atomic E-state index is -0.772. The van der Waals surface area contributed by atoms with Gasteiger partial charge in [-0.3, -0.25) is 14.5 Å². The molecule has 1 saturated carbocycles. The molecule has 1 heterocycles. The molecular weight excluding hydrogens is 288 g/mol. The number of amides is 2. The lowest BCUT2D eigenvalue weighted by Crippen LogP contribution is -2.56. The Balaban J connectivity index is 1.86. The van der Waals surface area contributed by atoms with E-state index in [4.69, 9.17) is 0 Å². The van der Waals surface area contributed by atoms with Gasteiger partial charge in [0.05, 0.1) is 0 Å². The molecule has 0 aromatic heterocycles. The molecule has 0 unspecified atom stereocenters. The number of aryl methyl sites for hydroxylation is 1. The van der Waals surface area contributed by atoms with Crippen molar-refractivity contribution in [3.63, 3.8) is 0 Å². The highest BCUT2D eigenvalue weighted by Crippen LogP contribution is 2.36. The van der Waals surface area contributed by atoms with Crippen molar-refractivity contribution in [1.29, 1.82) is 0 Å². The normalized spacial score (nSPS) is 25.1. The standard InChI is InChI=1S/C19H26N2O2/c1-3-14-7-6-10-16(13-14)21-17(22)11-12-19(21,2)18(23)20-15-8-4-5-9-15/h6-7,10,13,15H,3-5,8-9,11-12H2,1-2H3,(H,20,23)/t19-/m0/s1. The maximum absolute atomic E-state index is 12.9. The third kappa shape index (κ3) is 2.99. The highest BCUT2D eigenvalue weighted by Gasteiger charge is 2.48. The second kappa shape index (κ2) is 6.34. The number of anilines is 1. The highest BCUT2D eigenvalue weighted by atomic mass is 16.2. The van der Waals surface area contributed by atoms with Gasteiger partial charge in [0.1, 0.15) is 5.54 Å². The van der Waals surface area contributed by atoms with Crippen molar-refractivity contribution in [2.45, 2.75) is 70.4 Å². The van der Waals surface area contributed by atoms with Crippen molar-refractivity contribution < 1.29 is 9.59 Å². The number of carbonyl (C=O) groups is 2. The summed E-state index contributed by atoms with van der Waals surface area (Å²) in [5.74, 6) is 0.0412. The molecule has 1 atom stereocenters. The number of carbonyl (C=O) groups excluding carboxylic acids is 2. The molecule has 0 bridgehead atoms. The van der Waals surface area contributed by atoms with Gasteiger partial charge in [-0.2, -0.15) is 0 Å². The second-order valence-corrected chi connectivity index (χ2v) is 6.98. The maximum atomic E-state index is 12.9. The van der Waals surface area contributed by atoms with E-state index < -0.39 is 5.54 Å². The van der Waals surface area contributed by atoms with Gasteiger partial charge in [0, 0.05) is 18.2 Å². The van der Waals surface area contributed by atoms with Crippen molar-refractivity contribution in [2.24, 2.45) is 0 Å². The predicted molar refractivity (Wildman–Crippen MR) is 91.3 cm³/mol. The molecule has 1 aliphatic heterocycles. The average molecular weight is 314 g/mol. The quantitative estimate of drug-likeness (QED) is 0.928. The Labute approximate surface area is 138 Å². The van der Waals surface area contributed by atoms with Crippen molar-refractivity contribution in [1.82, 2.24) is 5.32 Å². The zero-order chi connectivity index (χ0) is 16.4. The van der Waals surface area contributed by atoms with Crippen molar-refractivity contribution >= 4 is 17.5 Å². The van der Waals surface area contributed by atoms with Crippen LogP contribution in [0, 0.1) is 0 Å². The van der Waals surface area contributed by atoms with E-state index in [0.717, 1.165) is 24.9 Å². The van der Waals surface area contributed by atoms with E-state index in [1.807, 2.05) is 25.1 Å². The number of nitrogens with one attached hydrogen (secondary N) is 1. The summed E-state index contributed by atoms with van der Waals surface area (Å²) in [6.45, 7) is 4.00. The third-order valence-corrected chi connectivity index (χ3v) is 5.33. The van der Waals surface area contributed by atoms with Crippen molar-refractivity contribution in [2.75, 3.05) is 4.90 Å². The molecule has 2 amide bonds. The molecule has 4 nitrogen and oxygen atoms in total. The van der Waals surface area contributed by atoms with Crippen LogP contribution in [0.25, 0.3) is 0 Å². The Morgan fingerprint density at radius 2 is 2.09 bits per heavy atom. The number of rotatable bonds is 4. The molecule has 1 aromatic carbocycles. The van der Waals surface area contributed by atoms with Crippen LogP contribution in [-0.2, 0) is 16.0 Å². The number of benzene rings is 1. The van der Waals surface area contributed by atoms with E-state index in [2.05, 4.69) is 18.3 Å². The second-order valence-electron chi connectivity index (χ2n) is 6.98. The van der Waals surface area contributed by atoms with E-state index in [9.17, 15) is 9.59 Å². The topological polar surface area (TPSA) is 49.4 Å². The van der Waals surface area contributed by atoms with Gasteiger partial charge in [0.2, 0.25) is 11.8 Å². The summed E-state index contributed by atoms with van der Waals surface area (Å²) in [6.07, 6.45) is 6.42. The van der Waals surface area contributed by atoms with Gasteiger partial charge in [-0.05, 0) is 50.3 Å². The van der Waals surface area contributed by atoms with E-state index in [0.29, 0.717) is 12.8 Å². The fourth-order valence-corrected chi connectivity index (χ4v) is 3.82. The SMILES string of the molecule is CCc1cccc(N2C(=O)CC[C@@]2(C)C(=O)NC2CCCC2)c1. The molecule has 124 valence electrons. The number of hydrogen-bond donors (Lipinski definition) is 1. The van der Waals surface area contributed by atoms with Crippen molar-refractivity contribution in [3.05, 3.63) is 29.8 Å². The van der Waals surface area contributed by atoms with Crippen LogP contribution >= 0.6 is 0 Å². The van der Waals surface area contributed by atoms with Crippen LogP contribution in [0.2, 0.25) is 0 Å². The first-order valence-corrected chi connectivity index (χ1v) is 8.77. The molecule has 4 heteroatoms. The molecule has 1 aromatic rings. The fraction of sp³-hybridized carbons (Fsp3) is 0.579. The molecule has 1 N–H and O–H groups in total. The number of nitrogens with zero attached hydrogens (tertiary/aromatic N) is 1. The van der Waals surface area contributed by atoms with Crippen molar-refractivity contribution in [3.8, 4) is 0 Å². The van der Waals surface area contributed by atoms with Crippen LogP contribution in [-0.4, -0.2) is 23.4 Å². The number of hydrogen-bond acceptors (Lipinski definition) is 2. The summed E-state index contributed by atoms with van der Waals surface area (Å²) in [4.78, 5) is 27.1. The zero-order valence-corrected chi connectivity index (χ0v) is 14.1. The van der Waals surface area contributed by atoms with Gasteiger partial charge in [-0.15, -0.1) is 0 Å².